The van der Waals surface area contributed by atoms with Gasteiger partial charge in [-0.15, -0.1) is 0 Å². The predicted octanol–water partition coefficient (Wildman–Crippen LogP) is -0.0561. The molecule has 0 radical (unpaired) electrons. The minimum atomic E-state index is 0.365. The fourth-order valence-electron chi connectivity index (χ4n) is 0.554. The summed E-state index contributed by atoms with van der Waals surface area (Å²) in [6.45, 7) is 0.365. The monoisotopic (exact) mass is 139 g/mol. The van der Waals surface area contributed by atoms with E-state index in [2.05, 4.69) is 9.97 Å². The van der Waals surface area contributed by atoms with Gasteiger partial charge in [0.15, 0.2) is 5.75 Å². The Balaban J connectivity index is 2.80. The average Bonchev–Trinajstić information content (AvgIpc) is 2.05. The van der Waals surface area contributed by atoms with Crippen LogP contribution in [-0.2, 0) is 6.54 Å². The van der Waals surface area contributed by atoms with Crippen molar-refractivity contribution < 1.29 is 4.74 Å². The summed E-state index contributed by atoms with van der Waals surface area (Å²) in [5.41, 5.74) is 5.28. The molecule has 0 saturated carbocycles. The molecule has 0 saturated heterocycles. The molecule has 1 rings (SSSR count). The Kier molecular flexibility index (Phi) is 2.17. The molecule has 0 atom stereocenters. The summed E-state index contributed by atoms with van der Waals surface area (Å²) in [6.07, 6.45) is 3.18. The predicted molar refractivity (Wildman–Crippen MR) is 36.5 cm³/mol. The van der Waals surface area contributed by atoms with Gasteiger partial charge in [0.1, 0.15) is 5.82 Å². The van der Waals surface area contributed by atoms with Crippen molar-refractivity contribution in [1.82, 2.24) is 9.97 Å². The zero-order valence-electron chi connectivity index (χ0n) is 5.74. The van der Waals surface area contributed by atoms with Crippen molar-refractivity contribution in [2.75, 3.05) is 7.11 Å². The van der Waals surface area contributed by atoms with Crippen molar-refractivity contribution in [3.05, 3.63) is 18.2 Å². The van der Waals surface area contributed by atoms with E-state index in [0.717, 1.165) is 0 Å². The van der Waals surface area contributed by atoms with Gasteiger partial charge in [0.2, 0.25) is 0 Å². The quantitative estimate of drug-likeness (QED) is 0.623. The molecule has 4 nitrogen and oxygen atoms in total. The molecule has 1 aromatic rings. The Labute approximate surface area is 59.1 Å². The van der Waals surface area contributed by atoms with Crippen LogP contribution in [0.1, 0.15) is 5.82 Å². The first-order chi connectivity index (χ1) is 4.86. The SMILES string of the molecule is COc1cnc(CN)nc1. The zero-order chi connectivity index (χ0) is 7.40. The van der Waals surface area contributed by atoms with E-state index in [4.69, 9.17) is 10.5 Å². The molecule has 0 aliphatic heterocycles. The lowest BCUT2D eigenvalue weighted by Crippen LogP contribution is -2.02. The topological polar surface area (TPSA) is 61.0 Å². The van der Waals surface area contributed by atoms with Crippen LogP contribution in [0, 0.1) is 0 Å². The molecule has 1 heterocycles. The van der Waals surface area contributed by atoms with Crippen molar-refractivity contribution in [2.45, 2.75) is 6.54 Å². The molecule has 0 bridgehead atoms. The van der Waals surface area contributed by atoms with Gasteiger partial charge in [0, 0.05) is 0 Å². The third-order valence-corrected chi connectivity index (χ3v) is 1.10. The highest BCUT2D eigenvalue weighted by Crippen LogP contribution is 2.03. The fourth-order valence-corrected chi connectivity index (χ4v) is 0.554. The highest BCUT2D eigenvalue weighted by atomic mass is 16.5. The number of methoxy groups -OCH3 is 1. The van der Waals surface area contributed by atoms with Gasteiger partial charge in [0.05, 0.1) is 26.0 Å². The first-order valence-electron chi connectivity index (χ1n) is 2.92. The van der Waals surface area contributed by atoms with Crippen LogP contribution in [0.25, 0.3) is 0 Å². The second-order valence-electron chi connectivity index (χ2n) is 1.74. The highest BCUT2D eigenvalue weighted by Gasteiger charge is 1.92. The summed E-state index contributed by atoms with van der Waals surface area (Å²) in [4.78, 5) is 7.81. The molecule has 0 aromatic carbocycles. The third-order valence-electron chi connectivity index (χ3n) is 1.10. The van der Waals surface area contributed by atoms with E-state index in [0.29, 0.717) is 18.1 Å². The average molecular weight is 139 g/mol. The van der Waals surface area contributed by atoms with E-state index in [1.165, 1.54) is 0 Å². The van der Waals surface area contributed by atoms with E-state index >= 15 is 0 Å². The summed E-state index contributed by atoms with van der Waals surface area (Å²) < 4.78 is 4.85. The largest absolute Gasteiger partial charge is 0.494 e. The normalized spacial score (nSPS) is 9.40. The summed E-state index contributed by atoms with van der Waals surface area (Å²) in [7, 11) is 1.57. The van der Waals surface area contributed by atoms with Crippen LogP contribution in [-0.4, -0.2) is 17.1 Å². The van der Waals surface area contributed by atoms with Gasteiger partial charge in [0.25, 0.3) is 0 Å². The number of rotatable bonds is 2. The molecule has 0 aliphatic carbocycles. The van der Waals surface area contributed by atoms with E-state index in [-0.39, 0.29) is 0 Å². The standard InChI is InChI=1S/C6H9N3O/c1-10-5-3-8-6(2-7)9-4-5/h3-4H,2,7H2,1H3. The fraction of sp³-hybridized carbons (Fsp3) is 0.333. The van der Waals surface area contributed by atoms with Crippen molar-refractivity contribution in [1.29, 1.82) is 0 Å². The van der Waals surface area contributed by atoms with Gasteiger partial charge in [-0.3, -0.25) is 0 Å². The summed E-state index contributed by atoms with van der Waals surface area (Å²) in [5, 5.41) is 0. The summed E-state index contributed by atoms with van der Waals surface area (Å²) in [5.74, 6) is 1.28. The zero-order valence-corrected chi connectivity index (χ0v) is 5.74. The Morgan fingerprint density at radius 3 is 2.50 bits per heavy atom. The number of hydrogen-bond acceptors (Lipinski definition) is 4. The van der Waals surface area contributed by atoms with Crippen LogP contribution in [0.3, 0.4) is 0 Å². The molecule has 0 unspecified atom stereocenters. The number of aromatic nitrogens is 2. The van der Waals surface area contributed by atoms with E-state index in [1.54, 1.807) is 19.5 Å². The molecule has 0 amide bonds. The second-order valence-corrected chi connectivity index (χ2v) is 1.74. The lowest BCUT2D eigenvalue weighted by Gasteiger charge is -1.97. The van der Waals surface area contributed by atoms with Crippen molar-refractivity contribution in [2.24, 2.45) is 5.73 Å². The minimum Gasteiger partial charge on any atom is -0.494 e. The van der Waals surface area contributed by atoms with Crippen molar-refractivity contribution in [3.8, 4) is 5.75 Å². The van der Waals surface area contributed by atoms with Gasteiger partial charge in [-0.05, 0) is 0 Å². The lowest BCUT2D eigenvalue weighted by molar-refractivity contribution is 0.410. The van der Waals surface area contributed by atoms with Gasteiger partial charge in [-0.1, -0.05) is 0 Å². The molecule has 1 aromatic heterocycles. The molecular formula is C6H9N3O. The Morgan fingerprint density at radius 2 is 2.10 bits per heavy atom. The van der Waals surface area contributed by atoms with Gasteiger partial charge in [-0.25, -0.2) is 9.97 Å². The first-order valence-corrected chi connectivity index (χ1v) is 2.92. The Bertz CT molecular complexity index is 174. The third kappa shape index (κ3) is 1.41. The lowest BCUT2D eigenvalue weighted by atomic mass is 10.5. The van der Waals surface area contributed by atoms with E-state index in [1.807, 2.05) is 0 Å². The number of nitrogens with zero attached hydrogens (tertiary/aromatic N) is 2. The van der Waals surface area contributed by atoms with Crippen LogP contribution >= 0.6 is 0 Å². The number of nitrogens with two attached hydrogens (primary N) is 1. The number of ether oxygens (including phenoxy) is 1. The second kappa shape index (κ2) is 3.12. The van der Waals surface area contributed by atoms with Crippen LogP contribution < -0.4 is 10.5 Å². The molecule has 0 fully saturated rings. The maximum absolute atomic E-state index is 5.28. The molecule has 4 heteroatoms. The van der Waals surface area contributed by atoms with E-state index in [9.17, 15) is 0 Å². The molecule has 2 N–H and O–H groups in total. The molecular weight excluding hydrogens is 130 g/mol. The summed E-state index contributed by atoms with van der Waals surface area (Å²) in [6, 6.07) is 0. The van der Waals surface area contributed by atoms with Crippen LogP contribution in [0.5, 0.6) is 5.75 Å². The van der Waals surface area contributed by atoms with Gasteiger partial charge < -0.3 is 10.5 Å². The molecule has 10 heavy (non-hydrogen) atoms. The maximum atomic E-state index is 5.28. The first kappa shape index (κ1) is 6.95. The summed E-state index contributed by atoms with van der Waals surface area (Å²) >= 11 is 0. The Hall–Kier alpha value is -1.16. The van der Waals surface area contributed by atoms with Crippen molar-refractivity contribution in [3.63, 3.8) is 0 Å². The van der Waals surface area contributed by atoms with Gasteiger partial charge in [-0.2, -0.15) is 0 Å². The smallest absolute Gasteiger partial charge is 0.155 e. The molecule has 0 spiro atoms. The van der Waals surface area contributed by atoms with E-state index < -0.39 is 0 Å². The Morgan fingerprint density at radius 1 is 1.50 bits per heavy atom. The molecule has 0 aliphatic rings. The van der Waals surface area contributed by atoms with Gasteiger partial charge >= 0.3 is 0 Å². The van der Waals surface area contributed by atoms with Crippen LogP contribution in [0.4, 0.5) is 0 Å². The van der Waals surface area contributed by atoms with Crippen LogP contribution in [0.15, 0.2) is 12.4 Å². The minimum absolute atomic E-state index is 0.365. The van der Waals surface area contributed by atoms with Crippen LogP contribution in [0.2, 0.25) is 0 Å². The maximum Gasteiger partial charge on any atom is 0.155 e. The highest BCUT2D eigenvalue weighted by molar-refractivity contribution is 5.11. The molecule has 54 valence electrons. The number of hydrogen-bond donors (Lipinski definition) is 1. The van der Waals surface area contributed by atoms with Crippen molar-refractivity contribution >= 4 is 0 Å².